The van der Waals surface area contributed by atoms with Crippen LogP contribution in [0.1, 0.15) is 46.3 Å². The molecular formula is C14H18N4OS. The number of carbonyl (C=O) groups excluding carboxylic acids is 1. The van der Waals surface area contributed by atoms with Crippen molar-refractivity contribution in [2.75, 3.05) is 11.1 Å². The monoisotopic (exact) mass is 290 g/mol. The molecule has 1 amide bonds. The number of rotatable bonds is 3. The first-order valence-electron chi connectivity index (χ1n) is 6.41. The average molecular weight is 290 g/mol. The third kappa shape index (κ3) is 2.65. The zero-order valence-corrected chi connectivity index (χ0v) is 12.8. The predicted octanol–water partition coefficient (Wildman–Crippen LogP) is 3.11. The number of hydrogen-bond donors (Lipinski definition) is 2. The lowest BCUT2D eigenvalue weighted by molar-refractivity contribution is 0.102. The molecule has 0 saturated heterocycles. The van der Waals surface area contributed by atoms with Crippen LogP contribution in [-0.2, 0) is 0 Å². The zero-order valence-electron chi connectivity index (χ0n) is 12.0. The minimum atomic E-state index is -0.205. The van der Waals surface area contributed by atoms with Gasteiger partial charge in [-0.25, -0.2) is 0 Å². The SMILES string of the molecule is Cc1ccc(N)c(NC(=O)c2snnc2C(C)C)c1C. The molecule has 20 heavy (non-hydrogen) atoms. The molecular weight excluding hydrogens is 272 g/mol. The number of amides is 1. The Kier molecular flexibility index (Phi) is 4.04. The van der Waals surface area contributed by atoms with E-state index in [0.717, 1.165) is 28.4 Å². The van der Waals surface area contributed by atoms with E-state index in [2.05, 4.69) is 14.9 Å². The van der Waals surface area contributed by atoms with Gasteiger partial charge >= 0.3 is 0 Å². The lowest BCUT2D eigenvalue weighted by atomic mass is 10.1. The fourth-order valence-electron chi connectivity index (χ4n) is 1.91. The van der Waals surface area contributed by atoms with Gasteiger partial charge in [0.15, 0.2) is 0 Å². The van der Waals surface area contributed by atoms with E-state index in [1.54, 1.807) is 6.07 Å². The van der Waals surface area contributed by atoms with Crippen molar-refractivity contribution >= 4 is 28.8 Å². The Morgan fingerprint density at radius 2 is 2.05 bits per heavy atom. The molecule has 0 saturated carbocycles. The molecule has 0 spiro atoms. The molecule has 6 heteroatoms. The highest BCUT2D eigenvalue weighted by Gasteiger charge is 2.20. The Labute approximate surface area is 122 Å². The van der Waals surface area contributed by atoms with Crippen LogP contribution in [0.15, 0.2) is 12.1 Å². The van der Waals surface area contributed by atoms with E-state index in [9.17, 15) is 4.79 Å². The topological polar surface area (TPSA) is 80.9 Å². The first kappa shape index (κ1) is 14.5. The number of anilines is 2. The number of nitrogen functional groups attached to an aromatic ring is 1. The van der Waals surface area contributed by atoms with Gasteiger partial charge in [-0.3, -0.25) is 4.79 Å². The van der Waals surface area contributed by atoms with Gasteiger partial charge in [-0.05, 0) is 48.5 Å². The van der Waals surface area contributed by atoms with Crippen LogP contribution < -0.4 is 11.1 Å². The Morgan fingerprint density at radius 1 is 1.35 bits per heavy atom. The van der Waals surface area contributed by atoms with Gasteiger partial charge in [-0.15, -0.1) is 5.10 Å². The Balaban J connectivity index is 2.33. The van der Waals surface area contributed by atoms with Crippen molar-refractivity contribution in [3.8, 4) is 0 Å². The summed E-state index contributed by atoms with van der Waals surface area (Å²) in [6.45, 7) is 7.90. The minimum Gasteiger partial charge on any atom is -0.397 e. The molecule has 0 radical (unpaired) electrons. The van der Waals surface area contributed by atoms with Crippen LogP contribution in [0.5, 0.6) is 0 Å². The molecule has 1 aromatic carbocycles. The van der Waals surface area contributed by atoms with Crippen molar-refractivity contribution in [2.24, 2.45) is 0 Å². The van der Waals surface area contributed by atoms with E-state index in [1.807, 2.05) is 33.8 Å². The third-order valence-electron chi connectivity index (χ3n) is 3.27. The highest BCUT2D eigenvalue weighted by molar-refractivity contribution is 7.08. The fourth-order valence-corrected chi connectivity index (χ4v) is 2.62. The molecule has 2 aromatic rings. The summed E-state index contributed by atoms with van der Waals surface area (Å²) in [7, 11) is 0. The van der Waals surface area contributed by atoms with Gasteiger partial charge < -0.3 is 11.1 Å². The smallest absolute Gasteiger partial charge is 0.269 e. The lowest BCUT2D eigenvalue weighted by Gasteiger charge is -2.13. The quantitative estimate of drug-likeness (QED) is 0.851. The summed E-state index contributed by atoms with van der Waals surface area (Å²) in [6.07, 6.45) is 0. The molecule has 0 aliphatic rings. The molecule has 1 aromatic heterocycles. The number of nitrogens with zero attached hydrogens (tertiary/aromatic N) is 2. The van der Waals surface area contributed by atoms with Gasteiger partial charge in [0.1, 0.15) is 4.88 Å². The molecule has 0 atom stereocenters. The van der Waals surface area contributed by atoms with E-state index in [4.69, 9.17) is 5.73 Å². The number of aryl methyl sites for hydroxylation is 1. The van der Waals surface area contributed by atoms with Crippen LogP contribution in [0.2, 0.25) is 0 Å². The van der Waals surface area contributed by atoms with E-state index in [0.29, 0.717) is 16.3 Å². The fraction of sp³-hybridized carbons (Fsp3) is 0.357. The van der Waals surface area contributed by atoms with Gasteiger partial charge in [0.05, 0.1) is 17.1 Å². The summed E-state index contributed by atoms with van der Waals surface area (Å²) < 4.78 is 3.87. The number of benzene rings is 1. The maximum Gasteiger partial charge on any atom is 0.269 e. The molecule has 2 rings (SSSR count). The van der Waals surface area contributed by atoms with Crippen molar-refractivity contribution in [2.45, 2.75) is 33.6 Å². The largest absolute Gasteiger partial charge is 0.397 e. The summed E-state index contributed by atoms with van der Waals surface area (Å²) in [5.41, 5.74) is 9.95. The van der Waals surface area contributed by atoms with E-state index < -0.39 is 0 Å². The van der Waals surface area contributed by atoms with Gasteiger partial charge in [-0.1, -0.05) is 24.4 Å². The van der Waals surface area contributed by atoms with Gasteiger partial charge in [-0.2, -0.15) is 0 Å². The van der Waals surface area contributed by atoms with Crippen LogP contribution in [0, 0.1) is 13.8 Å². The lowest BCUT2D eigenvalue weighted by Crippen LogP contribution is -2.15. The number of hydrogen-bond acceptors (Lipinski definition) is 5. The van der Waals surface area contributed by atoms with Crippen LogP contribution in [-0.4, -0.2) is 15.5 Å². The molecule has 106 valence electrons. The second-order valence-corrected chi connectivity index (χ2v) is 5.82. The van der Waals surface area contributed by atoms with Crippen molar-refractivity contribution < 1.29 is 4.79 Å². The molecule has 3 N–H and O–H groups in total. The summed E-state index contributed by atoms with van der Waals surface area (Å²) in [5.74, 6) is -0.0467. The molecule has 0 aliphatic carbocycles. The normalized spacial score (nSPS) is 10.8. The standard InChI is InChI=1S/C14H18N4OS/c1-7(2)11-13(20-18-17-11)14(19)16-12-9(4)8(3)5-6-10(12)15/h5-7H,15H2,1-4H3,(H,16,19). The summed E-state index contributed by atoms with van der Waals surface area (Å²) >= 11 is 1.11. The molecule has 0 bridgehead atoms. The van der Waals surface area contributed by atoms with Crippen molar-refractivity contribution in [1.82, 2.24) is 9.59 Å². The summed E-state index contributed by atoms with van der Waals surface area (Å²) in [5, 5.41) is 6.90. The second-order valence-electron chi connectivity index (χ2n) is 5.07. The van der Waals surface area contributed by atoms with E-state index >= 15 is 0 Å². The van der Waals surface area contributed by atoms with Crippen LogP contribution >= 0.6 is 11.5 Å². The highest BCUT2D eigenvalue weighted by atomic mass is 32.1. The number of nitrogens with one attached hydrogen (secondary N) is 1. The van der Waals surface area contributed by atoms with Gasteiger partial charge in [0.25, 0.3) is 5.91 Å². The number of aromatic nitrogens is 2. The molecule has 5 nitrogen and oxygen atoms in total. The van der Waals surface area contributed by atoms with Crippen molar-refractivity contribution in [1.29, 1.82) is 0 Å². The van der Waals surface area contributed by atoms with Crippen LogP contribution in [0.25, 0.3) is 0 Å². The first-order valence-corrected chi connectivity index (χ1v) is 7.18. The zero-order chi connectivity index (χ0) is 14.9. The Morgan fingerprint density at radius 3 is 2.70 bits per heavy atom. The maximum atomic E-state index is 12.4. The van der Waals surface area contributed by atoms with E-state index in [-0.39, 0.29) is 11.8 Å². The van der Waals surface area contributed by atoms with Crippen molar-refractivity contribution in [3.63, 3.8) is 0 Å². The van der Waals surface area contributed by atoms with Crippen LogP contribution in [0.4, 0.5) is 11.4 Å². The molecule has 1 heterocycles. The molecule has 0 fully saturated rings. The highest BCUT2D eigenvalue weighted by Crippen LogP contribution is 2.28. The number of carbonyl (C=O) groups is 1. The Bertz CT molecular complexity index is 649. The van der Waals surface area contributed by atoms with Crippen LogP contribution in [0.3, 0.4) is 0 Å². The van der Waals surface area contributed by atoms with Gasteiger partial charge in [0, 0.05) is 0 Å². The van der Waals surface area contributed by atoms with Crippen molar-refractivity contribution in [3.05, 3.63) is 33.8 Å². The molecule has 0 aliphatic heterocycles. The number of nitrogens with two attached hydrogens (primary N) is 1. The molecule has 0 unspecified atom stereocenters. The Hall–Kier alpha value is -1.95. The maximum absolute atomic E-state index is 12.4. The van der Waals surface area contributed by atoms with Gasteiger partial charge in [0.2, 0.25) is 0 Å². The first-order chi connectivity index (χ1) is 9.41. The summed E-state index contributed by atoms with van der Waals surface area (Å²) in [6, 6.07) is 3.74. The second kappa shape index (κ2) is 5.58. The average Bonchev–Trinajstić information content (AvgIpc) is 2.88. The summed E-state index contributed by atoms with van der Waals surface area (Å²) in [4.78, 5) is 12.9. The van der Waals surface area contributed by atoms with E-state index in [1.165, 1.54) is 0 Å². The third-order valence-corrected chi connectivity index (χ3v) is 4.01. The minimum absolute atomic E-state index is 0.158. The predicted molar refractivity (Wildman–Crippen MR) is 82.3 cm³/mol.